The first-order chi connectivity index (χ1) is 8.19. The number of amidine groups is 1. The molecule has 17 heavy (non-hydrogen) atoms. The maximum Gasteiger partial charge on any atom is 0.161 e. The molecular weight excluding hydrogens is 275 g/mol. The molecule has 1 heterocycles. The van der Waals surface area contributed by atoms with E-state index in [4.69, 9.17) is 23.2 Å². The molecule has 0 bridgehead atoms. The van der Waals surface area contributed by atoms with Gasteiger partial charge in [0.15, 0.2) is 5.17 Å². The summed E-state index contributed by atoms with van der Waals surface area (Å²) in [7, 11) is 0. The van der Waals surface area contributed by atoms with Crippen LogP contribution in [0.4, 0.5) is 5.69 Å². The molecule has 0 amide bonds. The minimum absolute atomic E-state index is 0.605. The van der Waals surface area contributed by atoms with E-state index in [0.29, 0.717) is 15.3 Å². The van der Waals surface area contributed by atoms with Crippen molar-refractivity contribution < 1.29 is 0 Å². The molecule has 0 aromatic heterocycles. The van der Waals surface area contributed by atoms with Crippen LogP contribution in [0.1, 0.15) is 19.8 Å². The topological polar surface area (TPSA) is 24.4 Å². The van der Waals surface area contributed by atoms with Crippen LogP contribution >= 0.6 is 35.0 Å². The molecule has 1 aromatic carbocycles. The van der Waals surface area contributed by atoms with Crippen molar-refractivity contribution in [1.29, 1.82) is 0 Å². The number of hydrogen-bond donors (Lipinski definition) is 1. The summed E-state index contributed by atoms with van der Waals surface area (Å²) >= 11 is 13.7. The summed E-state index contributed by atoms with van der Waals surface area (Å²) < 4.78 is 0. The molecule has 1 atom stereocenters. The van der Waals surface area contributed by atoms with Gasteiger partial charge in [0, 0.05) is 10.3 Å². The molecule has 1 aliphatic rings. The van der Waals surface area contributed by atoms with Gasteiger partial charge in [0.1, 0.15) is 0 Å². The van der Waals surface area contributed by atoms with Crippen LogP contribution in [0, 0.1) is 0 Å². The van der Waals surface area contributed by atoms with E-state index in [-0.39, 0.29) is 0 Å². The van der Waals surface area contributed by atoms with Crippen molar-refractivity contribution in [3.8, 4) is 0 Å². The molecule has 0 aliphatic carbocycles. The van der Waals surface area contributed by atoms with Gasteiger partial charge in [-0.05, 0) is 24.6 Å². The Kier molecular flexibility index (Phi) is 4.60. The summed E-state index contributed by atoms with van der Waals surface area (Å²) in [6.45, 7) is 3.09. The van der Waals surface area contributed by atoms with Gasteiger partial charge >= 0.3 is 0 Å². The van der Waals surface area contributed by atoms with Gasteiger partial charge < -0.3 is 5.32 Å². The molecule has 2 nitrogen and oxygen atoms in total. The second-order valence-corrected chi connectivity index (χ2v) is 6.06. The summed E-state index contributed by atoms with van der Waals surface area (Å²) in [5, 5.41) is 6.07. The summed E-state index contributed by atoms with van der Waals surface area (Å²) in [6.07, 6.45) is 2.40. The summed E-state index contributed by atoms with van der Waals surface area (Å²) in [5.74, 6) is 0. The normalized spacial score (nSPS) is 19.2. The molecule has 0 radical (unpaired) electrons. The lowest BCUT2D eigenvalue weighted by Gasteiger charge is -2.09. The van der Waals surface area contributed by atoms with E-state index in [1.165, 1.54) is 12.8 Å². The van der Waals surface area contributed by atoms with Crippen molar-refractivity contribution in [2.75, 3.05) is 11.9 Å². The highest BCUT2D eigenvalue weighted by molar-refractivity contribution is 8.15. The summed E-state index contributed by atoms with van der Waals surface area (Å²) in [5.41, 5.74) is 0.861. The first-order valence-electron chi connectivity index (χ1n) is 5.62. The average Bonchev–Trinajstić information content (AvgIpc) is 2.71. The Morgan fingerprint density at radius 2 is 2.29 bits per heavy atom. The Hall–Kier alpha value is -0.380. The van der Waals surface area contributed by atoms with Crippen molar-refractivity contribution in [3.63, 3.8) is 0 Å². The highest BCUT2D eigenvalue weighted by Gasteiger charge is 2.19. The van der Waals surface area contributed by atoms with Gasteiger partial charge in [-0.15, -0.1) is 0 Å². The minimum atomic E-state index is 0.605. The molecule has 2 rings (SSSR count). The highest BCUT2D eigenvalue weighted by Crippen LogP contribution is 2.30. The standard InChI is InChI=1S/C12H14Cl2N2S/c1-2-3-9-7-15-12(17-9)16-11-5-4-8(13)6-10(11)14/h4-6,9H,2-3,7H2,1H3,(H,15,16). The Labute approximate surface area is 116 Å². The van der Waals surface area contributed by atoms with Gasteiger partial charge in [-0.25, -0.2) is 0 Å². The third kappa shape index (κ3) is 3.54. The smallest absolute Gasteiger partial charge is 0.161 e. The summed E-state index contributed by atoms with van der Waals surface area (Å²) in [4.78, 5) is 4.47. The molecule has 92 valence electrons. The van der Waals surface area contributed by atoms with Crippen LogP contribution in [0.3, 0.4) is 0 Å². The quantitative estimate of drug-likeness (QED) is 0.874. The van der Waals surface area contributed by atoms with Gasteiger partial charge in [0.2, 0.25) is 0 Å². The number of nitrogens with zero attached hydrogens (tertiary/aromatic N) is 1. The number of aliphatic imine (C=N–C) groups is 1. The monoisotopic (exact) mass is 288 g/mol. The molecule has 0 saturated heterocycles. The highest BCUT2D eigenvalue weighted by atomic mass is 35.5. The zero-order chi connectivity index (χ0) is 12.3. The predicted octanol–water partition coefficient (Wildman–Crippen LogP) is 4.68. The van der Waals surface area contributed by atoms with E-state index in [2.05, 4.69) is 17.2 Å². The number of benzene rings is 1. The third-order valence-electron chi connectivity index (χ3n) is 2.50. The molecule has 1 aliphatic heterocycles. The zero-order valence-corrected chi connectivity index (χ0v) is 11.9. The van der Waals surface area contributed by atoms with E-state index in [9.17, 15) is 0 Å². The van der Waals surface area contributed by atoms with Crippen LogP contribution in [0.25, 0.3) is 0 Å². The van der Waals surface area contributed by atoms with Crippen LogP contribution in [-0.2, 0) is 0 Å². The first kappa shape index (κ1) is 13.1. The molecular formula is C12H14Cl2N2S. The zero-order valence-electron chi connectivity index (χ0n) is 9.54. The van der Waals surface area contributed by atoms with Crippen molar-refractivity contribution in [1.82, 2.24) is 0 Å². The van der Waals surface area contributed by atoms with Crippen LogP contribution in [0.15, 0.2) is 23.2 Å². The van der Waals surface area contributed by atoms with Gasteiger partial charge in [-0.2, -0.15) is 0 Å². The summed E-state index contributed by atoms with van der Waals surface area (Å²) in [6, 6.07) is 5.43. The fourth-order valence-corrected chi connectivity index (χ4v) is 3.26. The second-order valence-electron chi connectivity index (χ2n) is 3.92. The van der Waals surface area contributed by atoms with Gasteiger partial charge in [0.05, 0.1) is 17.3 Å². The number of anilines is 1. The second kappa shape index (κ2) is 5.98. The van der Waals surface area contributed by atoms with Crippen molar-refractivity contribution in [3.05, 3.63) is 28.2 Å². The minimum Gasteiger partial charge on any atom is -0.334 e. The maximum absolute atomic E-state index is 6.09. The lowest BCUT2D eigenvalue weighted by molar-refractivity contribution is 0.754. The predicted molar refractivity (Wildman–Crippen MR) is 78.7 cm³/mol. The third-order valence-corrected chi connectivity index (χ3v) is 4.22. The lowest BCUT2D eigenvalue weighted by atomic mass is 10.2. The van der Waals surface area contributed by atoms with Crippen LogP contribution in [0.2, 0.25) is 10.0 Å². The van der Waals surface area contributed by atoms with Crippen molar-refractivity contribution in [2.24, 2.45) is 4.99 Å². The number of hydrogen-bond acceptors (Lipinski definition) is 3. The molecule has 1 aromatic rings. The number of thioether (sulfide) groups is 1. The molecule has 1 unspecified atom stereocenters. The van der Waals surface area contributed by atoms with E-state index >= 15 is 0 Å². The number of nitrogens with one attached hydrogen (secondary N) is 1. The fourth-order valence-electron chi connectivity index (χ4n) is 1.66. The average molecular weight is 289 g/mol. The van der Waals surface area contributed by atoms with Crippen molar-refractivity contribution in [2.45, 2.75) is 25.0 Å². The van der Waals surface area contributed by atoms with E-state index in [1.54, 1.807) is 17.8 Å². The van der Waals surface area contributed by atoms with E-state index < -0.39 is 0 Å². The lowest BCUT2D eigenvalue weighted by Crippen LogP contribution is -2.07. The molecule has 0 fully saturated rings. The van der Waals surface area contributed by atoms with Crippen LogP contribution in [0.5, 0.6) is 0 Å². The largest absolute Gasteiger partial charge is 0.334 e. The molecule has 1 N–H and O–H groups in total. The Bertz CT molecular complexity index is 435. The SMILES string of the molecule is CCCC1CN=C(Nc2ccc(Cl)cc2Cl)S1. The first-order valence-corrected chi connectivity index (χ1v) is 7.25. The Morgan fingerprint density at radius 1 is 1.47 bits per heavy atom. The van der Waals surface area contributed by atoms with Crippen LogP contribution < -0.4 is 5.32 Å². The fraction of sp³-hybridized carbons (Fsp3) is 0.417. The number of rotatable bonds is 3. The van der Waals surface area contributed by atoms with E-state index in [0.717, 1.165) is 17.4 Å². The van der Waals surface area contributed by atoms with E-state index in [1.807, 2.05) is 12.1 Å². The van der Waals surface area contributed by atoms with Crippen LogP contribution in [-0.4, -0.2) is 17.0 Å². The Balaban J connectivity index is 1.98. The molecule has 0 spiro atoms. The van der Waals surface area contributed by atoms with Gasteiger partial charge in [-0.3, -0.25) is 4.99 Å². The molecule has 5 heteroatoms. The molecule has 0 saturated carbocycles. The van der Waals surface area contributed by atoms with Gasteiger partial charge in [-0.1, -0.05) is 48.3 Å². The van der Waals surface area contributed by atoms with Crippen molar-refractivity contribution >= 4 is 45.8 Å². The van der Waals surface area contributed by atoms with Gasteiger partial charge in [0.25, 0.3) is 0 Å². The maximum atomic E-state index is 6.09. The Morgan fingerprint density at radius 3 is 3.00 bits per heavy atom. The number of halogens is 2.